The van der Waals surface area contributed by atoms with E-state index in [9.17, 15) is 4.79 Å². The number of hydrogen-bond acceptors (Lipinski definition) is 5. The van der Waals surface area contributed by atoms with Crippen molar-refractivity contribution < 1.29 is 9.78 Å². The molecular weight excluding hydrogens is 310 g/mol. The lowest BCUT2D eigenvalue weighted by Crippen LogP contribution is -2.22. The standard InChI is InChI=1S/C16H13N5OS/c17-7-10-6-11-12(18)13(23-16(11)21-14(10)19)15(22)20-8-9-4-2-1-3-5-9/h1-6H,8,18H2,(H2,19,21)(H,20,22)/p+1. The fourth-order valence-electron chi connectivity index (χ4n) is 2.22. The molecule has 0 saturated heterocycles. The summed E-state index contributed by atoms with van der Waals surface area (Å²) < 4.78 is 0. The van der Waals surface area contributed by atoms with Gasteiger partial charge in [0, 0.05) is 6.54 Å². The largest absolute Gasteiger partial charge is 0.397 e. The zero-order chi connectivity index (χ0) is 16.4. The number of nitrogens with one attached hydrogen (secondary N) is 2. The van der Waals surface area contributed by atoms with Crippen molar-refractivity contribution in [2.24, 2.45) is 0 Å². The summed E-state index contributed by atoms with van der Waals surface area (Å²) in [6.07, 6.45) is 0. The van der Waals surface area contributed by atoms with Crippen molar-refractivity contribution >= 4 is 39.0 Å². The molecule has 0 atom stereocenters. The summed E-state index contributed by atoms with van der Waals surface area (Å²) >= 11 is 1.22. The number of benzene rings is 1. The van der Waals surface area contributed by atoms with Crippen molar-refractivity contribution in [3.05, 3.63) is 52.4 Å². The second kappa shape index (κ2) is 5.94. The van der Waals surface area contributed by atoms with E-state index in [-0.39, 0.29) is 11.7 Å². The first kappa shape index (κ1) is 14.8. The van der Waals surface area contributed by atoms with Crippen molar-refractivity contribution in [3.63, 3.8) is 0 Å². The van der Waals surface area contributed by atoms with Crippen LogP contribution in [-0.2, 0) is 6.54 Å². The van der Waals surface area contributed by atoms with Gasteiger partial charge in [0.25, 0.3) is 11.7 Å². The maximum absolute atomic E-state index is 12.4. The first-order chi connectivity index (χ1) is 11.1. The summed E-state index contributed by atoms with van der Waals surface area (Å²) in [6.45, 7) is 0.419. The zero-order valence-corrected chi connectivity index (χ0v) is 12.9. The number of rotatable bonds is 3. The van der Waals surface area contributed by atoms with Crippen LogP contribution in [0.2, 0.25) is 0 Å². The van der Waals surface area contributed by atoms with Crippen LogP contribution in [0.25, 0.3) is 10.2 Å². The Kier molecular flexibility index (Phi) is 3.83. The molecule has 1 aromatic carbocycles. The highest BCUT2D eigenvalue weighted by molar-refractivity contribution is 7.20. The molecule has 6 nitrogen and oxygen atoms in total. The van der Waals surface area contributed by atoms with Gasteiger partial charge in [-0.05, 0) is 11.6 Å². The predicted molar refractivity (Wildman–Crippen MR) is 89.5 cm³/mol. The molecule has 114 valence electrons. The molecule has 0 aliphatic carbocycles. The minimum atomic E-state index is -0.252. The number of carbonyl (C=O) groups excluding carboxylic acids is 1. The van der Waals surface area contributed by atoms with Gasteiger partial charge in [-0.2, -0.15) is 5.26 Å². The number of pyridine rings is 1. The molecule has 0 aliphatic heterocycles. The predicted octanol–water partition coefficient (Wildman–Crippen LogP) is 1.68. The van der Waals surface area contributed by atoms with Crippen molar-refractivity contribution in [1.29, 1.82) is 5.26 Å². The van der Waals surface area contributed by atoms with Crippen LogP contribution in [0.5, 0.6) is 0 Å². The van der Waals surface area contributed by atoms with Crippen LogP contribution in [0.4, 0.5) is 11.5 Å². The summed E-state index contributed by atoms with van der Waals surface area (Å²) in [5.41, 5.74) is 13.5. The van der Waals surface area contributed by atoms with Gasteiger partial charge in [0.05, 0.1) is 11.1 Å². The molecule has 0 saturated carbocycles. The van der Waals surface area contributed by atoms with E-state index in [4.69, 9.17) is 16.7 Å². The normalized spacial score (nSPS) is 10.4. The minimum Gasteiger partial charge on any atom is -0.397 e. The molecule has 23 heavy (non-hydrogen) atoms. The van der Waals surface area contributed by atoms with Gasteiger partial charge in [-0.25, -0.2) is 4.98 Å². The van der Waals surface area contributed by atoms with Crippen molar-refractivity contribution in [2.75, 3.05) is 11.5 Å². The number of nitrogen functional groups attached to an aromatic ring is 2. The van der Waals surface area contributed by atoms with E-state index in [0.29, 0.717) is 32.9 Å². The molecule has 2 heterocycles. The molecule has 0 bridgehead atoms. The fraction of sp³-hybridized carbons (Fsp3) is 0.0625. The molecule has 2 aromatic heterocycles. The Morgan fingerprint density at radius 2 is 2.04 bits per heavy atom. The van der Waals surface area contributed by atoms with Crippen LogP contribution < -0.4 is 21.8 Å². The van der Waals surface area contributed by atoms with E-state index in [0.717, 1.165) is 5.56 Å². The number of aromatic nitrogens is 1. The Hall–Kier alpha value is -3.11. The molecule has 6 N–H and O–H groups in total. The van der Waals surface area contributed by atoms with Gasteiger partial charge in [0.15, 0.2) is 4.83 Å². The summed E-state index contributed by atoms with van der Waals surface area (Å²) in [6, 6.07) is 13.2. The lowest BCUT2D eigenvalue weighted by molar-refractivity contribution is -0.323. The summed E-state index contributed by atoms with van der Waals surface area (Å²) in [5.74, 6) is 0.00975. The highest BCUT2D eigenvalue weighted by atomic mass is 32.1. The van der Waals surface area contributed by atoms with Gasteiger partial charge in [0.1, 0.15) is 16.5 Å². The highest BCUT2D eigenvalue weighted by Gasteiger charge is 2.20. The zero-order valence-electron chi connectivity index (χ0n) is 12.1. The van der Waals surface area contributed by atoms with Crippen molar-refractivity contribution in [2.45, 2.75) is 6.54 Å². The summed E-state index contributed by atoms with van der Waals surface area (Å²) in [4.78, 5) is 16.3. The summed E-state index contributed by atoms with van der Waals surface area (Å²) in [5, 5.41) is 12.5. The number of nitrogens with zero attached hydrogens (tertiary/aromatic N) is 1. The first-order valence-corrected chi connectivity index (χ1v) is 7.67. The third-order valence-corrected chi connectivity index (χ3v) is 4.57. The highest BCUT2D eigenvalue weighted by Crippen LogP contribution is 2.32. The Balaban J connectivity index is 1.89. The van der Waals surface area contributed by atoms with Crippen LogP contribution >= 0.6 is 11.3 Å². The topological polar surface area (TPSA) is 119 Å². The molecule has 0 radical (unpaired) electrons. The quantitative estimate of drug-likeness (QED) is 0.679. The molecule has 0 unspecified atom stereocenters. The van der Waals surface area contributed by atoms with Gasteiger partial charge >= 0.3 is 0 Å². The van der Waals surface area contributed by atoms with Crippen LogP contribution in [0.1, 0.15) is 20.8 Å². The third-order valence-electron chi connectivity index (χ3n) is 3.43. The number of carbonyl (C=O) groups is 1. The van der Waals surface area contributed by atoms with E-state index in [2.05, 4.69) is 10.3 Å². The maximum Gasteiger partial charge on any atom is 0.289 e. The number of aromatic amines is 1. The fourth-order valence-corrected chi connectivity index (χ4v) is 3.25. The Bertz CT molecular complexity index is 927. The molecule has 3 rings (SSSR count). The maximum atomic E-state index is 12.4. The molecule has 7 heteroatoms. The van der Waals surface area contributed by atoms with Gasteiger partial charge in [-0.1, -0.05) is 41.7 Å². The second-order valence-corrected chi connectivity index (χ2v) is 5.99. The molecule has 1 amide bonds. The molecule has 0 spiro atoms. The lowest BCUT2D eigenvalue weighted by Gasteiger charge is -2.04. The third kappa shape index (κ3) is 2.80. The van der Waals surface area contributed by atoms with Crippen LogP contribution in [0.3, 0.4) is 0 Å². The average molecular weight is 324 g/mol. The smallest absolute Gasteiger partial charge is 0.289 e. The molecule has 0 fully saturated rings. The van der Waals surface area contributed by atoms with E-state index in [1.54, 1.807) is 6.07 Å². The van der Waals surface area contributed by atoms with Gasteiger partial charge in [-0.3, -0.25) is 10.5 Å². The molecule has 0 aliphatic rings. The SMILES string of the molecule is N#Cc1cc2c(N)c(C(=O)NCc3ccccc3)sc2[nH+]c1N. The van der Waals surface area contributed by atoms with Gasteiger partial charge in [0.2, 0.25) is 0 Å². The Morgan fingerprint density at radius 3 is 2.74 bits per heavy atom. The van der Waals surface area contributed by atoms with Crippen molar-refractivity contribution in [1.82, 2.24) is 5.32 Å². The first-order valence-electron chi connectivity index (χ1n) is 6.86. The number of hydrogen-bond donors (Lipinski definition) is 3. The number of nitrogens with two attached hydrogens (primary N) is 2. The van der Waals surface area contributed by atoms with E-state index in [1.165, 1.54) is 11.3 Å². The number of anilines is 2. The van der Waals surface area contributed by atoms with E-state index < -0.39 is 0 Å². The van der Waals surface area contributed by atoms with E-state index >= 15 is 0 Å². The monoisotopic (exact) mass is 324 g/mol. The lowest BCUT2D eigenvalue weighted by atomic mass is 10.2. The number of amides is 1. The Morgan fingerprint density at radius 1 is 1.30 bits per heavy atom. The Labute approximate surface area is 136 Å². The van der Waals surface area contributed by atoms with Crippen molar-refractivity contribution in [3.8, 4) is 6.07 Å². The van der Waals surface area contributed by atoms with Crippen LogP contribution in [0.15, 0.2) is 36.4 Å². The average Bonchev–Trinajstić information content (AvgIpc) is 2.89. The van der Waals surface area contributed by atoms with Gasteiger partial charge in [-0.15, -0.1) is 0 Å². The van der Waals surface area contributed by atoms with Crippen LogP contribution in [0, 0.1) is 11.3 Å². The number of fused-ring (bicyclic) bond motifs is 1. The van der Waals surface area contributed by atoms with E-state index in [1.807, 2.05) is 36.4 Å². The molecular formula is C16H14N5OS+. The number of nitriles is 1. The van der Waals surface area contributed by atoms with Crippen LogP contribution in [-0.4, -0.2) is 5.91 Å². The number of H-pyrrole nitrogens is 1. The second-order valence-electron chi connectivity index (χ2n) is 4.96. The summed E-state index contributed by atoms with van der Waals surface area (Å²) in [7, 11) is 0. The number of thiophene rings is 1. The minimum absolute atomic E-state index is 0.252. The van der Waals surface area contributed by atoms with Gasteiger partial charge < -0.3 is 11.1 Å². The molecule has 3 aromatic rings.